The number of amides is 2. The number of hydrogen-bond acceptors (Lipinski definition) is 2. The van der Waals surface area contributed by atoms with Gasteiger partial charge in [-0.1, -0.05) is 64.1 Å². The summed E-state index contributed by atoms with van der Waals surface area (Å²) in [6.45, 7) is 10.7. The number of benzene rings is 2. The molecule has 0 radical (unpaired) electrons. The van der Waals surface area contributed by atoms with Crippen molar-refractivity contribution in [1.82, 2.24) is 5.32 Å². The lowest BCUT2D eigenvalue weighted by Gasteiger charge is -2.20. The average Bonchev–Trinajstić information content (AvgIpc) is 2.61. The van der Waals surface area contributed by atoms with Crippen molar-refractivity contribution in [2.24, 2.45) is 0 Å². The second kappa shape index (κ2) is 9.36. The second-order valence-corrected chi connectivity index (χ2v) is 7.49. The molecule has 2 aromatic rings. The Balaban J connectivity index is 2.00. The van der Waals surface area contributed by atoms with Gasteiger partial charge in [0, 0.05) is 24.2 Å². The van der Waals surface area contributed by atoms with E-state index in [0.29, 0.717) is 23.9 Å². The van der Waals surface area contributed by atoms with Gasteiger partial charge in [-0.25, -0.2) is 0 Å². The highest BCUT2D eigenvalue weighted by Gasteiger charge is 2.16. The molecule has 0 atom stereocenters. The zero-order valence-corrected chi connectivity index (χ0v) is 16.9. The van der Waals surface area contributed by atoms with Crippen LogP contribution < -0.4 is 10.6 Å². The SMILES string of the molecule is Cc1ccccc1C(=O)NCCC(=O)Nc1c(C(C)C)cccc1C(C)C. The van der Waals surface area contributed by atoms with Gasteiger partial charge >= 0.3 is 0 Å². The number of anilines is 1. The molecule has 0 aliphatic heterocycles. The van der Waals surface area contributed by atoms with Gasteiger partial charge in [0.1, 0.15) is 0 Å². The summed E-state index contributed by atoms with van der Waals surface area (Å²) in [7, 11) is 0. The van der Waals surface area contributed by atoms with Gasteiger partial charge in [-0.05, 0) is 41.5 Å². The Morgan fingerprint density at radius 2 is 1.48 bits per heavy atom. The maximum Gasteiger partial charge on any atom is 0.251 e. The fourth-order valence-corrected chi connectivity index (χ4v) is 3.11. The smallest absolute Gasteiger partial charge is 0.251 e. The molecule has 0 saturated carbocycles. The summed E-state index contributed by atoms with van der Waals surface area (Å²) in [6.07, 6.45) is 0.238. The predicted molar refractivity (Wildman–Crippen MR) is 111 cm³/mol. The van der Waals surface area contributed by atoms with Gasteiger partial charge in [0.05, 0.1) is 0 Å². The Bertz CT molecular complexity index is 784. The maximum absolute atomic E-state index is 12.5. The predicted octanol–water partition coefficient (Wildman–Crippen LogP) is 5.00. The summed E-state index contributed by atoms with van der Waals surface area (Å²) in [5.41, 5.74) is 4.76. The van der Waals surface area contributed by atoms with Gasteiger partial charge in [-0.3, -0.25) is 9.59 Å². The number of hydrogen-bond donors (Lipinski definition) is 2. The Morgan fingerprint density at radius 1 is 0.889 bits per heavy atom. The van der Waals surface area contributed by atoms with Crippen molar-refractivity contribution in [3.05, 3.63) is 64.7 Å². The van der Waals surface area contributed by atoms with Crippen molar-refractivity contribution >= 4 is 17.5 Å². The van der Waals surface area contributed by atoms with Gasteiger partial charge in [0.2, 0.25) is 5.91 Å². The second-order valence-electron chi connectivity index (χ2n) is 7.49. The summed E-state index contributed by atoms with van der Waals surface area (Å²) in [5, 5.41) is 5.91. The van der Waals surface area contributed by atoms with Gasteiger partial charge in [0.15, 0.2) is 0 Å². The molecule has 4 heteroatoms. The van der Waals surface area contributed by atoms with Gasteiger partial charge in [0.25, 0.3) is 5.91 Å². The molecule has 0 spiro atoms. The fraction of sp³-hybridized carbons (Fsp3) is 0.391. The number of aryl methyl sites for hydroxylation is 1. The first-order chi connectivity index (χ1) is 12.8. The van der Waals surface area contributed by atoms with Crippen LogP contribution in [0.1, 0.15) is 73.0 Å². The van der Waals surface area contributed by atoms with Crippen LogP contribution in [0.3, 0.4) is 0 Å². The number of carbonyl (C=O) groups is 2. The molecule has 2 aromatic carbocycles. The molecule has 144 valence electrons. The van der Waals surface area contributed by atoms with Gasteiger partial charge in [-0.15, -0.1) is 0 Å². The molecular weight excluding hydrogens is 336 g/mol. The van der Waals surface area contributed by atoms with Crippen LogP contribution in [0.2, 0.25) is 0 Å². The zero-order valence-electron chi connectivity index (χ0n) is 16.9. The van der Waals surface area contributed by atoms with Crippen LogP contribution in [0.15, 0.2) is 42.5 Å². The highest BCUT2D eigenvalue weighted by molar-refractivity contribution is 5.96. The third-order valence-corrected chi connectivity index (χ3v) is 4.66. The lowest BCUT2D eigenvalue weighted by atomic mass is 9.92. The molecule has 27 heavy (non-hydrogen) atoms. The maximum atomic E-state index is 12.5. The van der Waals surface area contributed by atoms with E-state index in [0.717, 1.165) is 22.4 Å². The van der Waals surface area contributed by atoms with E-state index in [1.54, 1.807) is 6.07 Å². The van der Waals surface area contributed by atoms with E-state index in [-0.39, 0.29) is 18.2 Å². The van der Waals surface area contributed by atoms with Crippen LogP contribution in [0.25, 0.3) is 0 Å². The minimum atomic E-state index is -0.147. The average molecular weight is 367 g/mol. The lowest BCUT2D eigenvalue weighted by molar-refractivity contribution is -0.116. The minimum absolute atomic E-state index is 0.0879. The number of para-hydroxylation sites is 1. The zero-order chi connectivity index (χ0) is 20.0. The van der Waals surface area contributed by atoms with Crippen molar-refractivity contribution in [3.63, 3.8) is 0 Å². The Morgan fingerprint density at radius 3 is 2.04 bits per heavy atom. The Kier molecular flexibility index (Phi) is 7.17. The van der Waals surface area contributed by atoms with Crippen LogP contribution >= 0.6 is 0 Å². The van der Waals surface area contributed by atoms with Crippen LogP contribution in [0, 0.1) is 6.92 Å². The van der Waals surface area contributed by atoms with Crippen LogP contribution in [-0.2, 0) is 4.79 Å². The molecule has 2 rings (SSSR count). The van der Waals surface area contributed by atoms with E-state index in [1.165, 1.54) is 0 Å². The van der Waals surface area contributed by atoms with Crippen molar-refractivity contribution < 1.29 is 9.59 Å². The van der Waals surface area contributed by atoms with E-state index < -0.39 is 0 Å². The molecule has 0 aromatic heterocycles. The van der Waals surface area contributed by atoms with E-state index >= 15 is 0 Å². The third kappa shape index (κ3) is 5.43. The molecule has 0 fully saturated rings. The normalized spacial score (nSPS) is 10.9. The first kappa shape index (κ1) is 20.7. The molecule has 0 saturated heterocycles. The molecule has 0 heterocycles. The lowest BCUT2D eigenvalue weighted by Crippen LogP contribution is -2.28. The quantitative estimate of drug-likeness (QED) is 0.724. The largest absolute Gasteiger partial charge is 0.352 e. The van der Waals surface area contributed by atoms with Gasteiger partial charge in [-0.2, -0.15) is 0 Å². The Hall–Kier alpha value is -2.62. The number of nitrogens with one attached hydrogen (secondary N) is 2. The summed E-state index contributed by atoms with van der Waals surface area (Å²) < 4.78 is 0. The summed E-state index contributed by atoms with van der Waals surface area (Å²) in [5.74, 6) is 0.404. The molecule has 2 amide bonds. The standard InChI is InChI=1S/C23H30N2O2/c1-15(2)18-11-8-12-19(16(3)4)22(18)25-21(26)13-14-24-23(27)20-10-7-6-9-17(20)5/h6-12,15-16H,13-14H2,1-5H3,(H,24,27)(H,25,26). The highest BCUT2D eigenvalue weighted by Crippen LogP contribution is 2.32. The third-order valence-electron chi connectivity index (χ3n) is 4.66. The number of carbonyl (C=O) groups excluding carboxylic acids is 2. The van der Waals surface area contributed by atoms with Gasteiger partial charge < -0.3 is 10.6 Å². The summed E-state index contributed by atoms with van der Waals surface area (Å²) in [4.78, 5) is 24.7. The van der Waals surface area contributed by atoms with E-state index in [2.05, 4.69) is 50.5 Å². The van der Waals surface area contributed by atoms with Crippen LogP contribution in [0.5, 0.6) is 0 Å². The van der Waals surface area contributed by atoms with E-state index in [4.69, 9.17) is 0 Å². The fourth-order valence-electron chi connectivity index (χ4n) is 3.11. The molecule has 0 aliphatic rings. The molecule has 4 nitrogen and oxygen atoms in total. The van der Waals surface area contributed by atoms with Crippen molar-refractivity contribution in [2.75, 3.05) is 11.9 Å². The monoisotopic (exact) mass is 366 g/mol. The van der Waals surface area contributed by atoms with Crippen LogP contribution in [-0.4, -0.2) is 18.4 Å². The summed E-state index contributed by atoms with van der Waals surface area (Å²) in [6, 6.07) is 13.6. The highest BCUT2D eigenvalue weighted by atomic mass is 16.2. The molecule has 0 bridgehead atoms. The summed E-state index contributed by atoms with van der Waals surface area (Å²) >= 11 is 0. The molecule has 2 N–H and O–H groups in total. The number of rotatable bonds is 7. The molecule has 0 unspecified atom stereocenters. The van der Waals surface area contributed by atoms with Crippen molar-refractivity contribution in [1.29, 1.82) is 0 Å². The Labute approximate surface area is 162 Å². The minimum Gasteiger partial charge on any atom is -0.352 e. The molecular formula is C23H30N2O2. The van der Waals surface area contributed by atoms with Crippen molar-refractivity contribution in [2.45, 2.75) is 52.9 Å². The van der Waals surface area contributed by atoms with Crippen LogP contribution in [0.4, 0.5) is 5.69 Å². The first-order valence-electron chi connectivity index (χ1n) is 9.57. The van der Waals surface area contributed by atoms with Crippen molar-refractivity contribution in [3.8, 4) is 0 Å². The van der Waals surface area contributed by atoms with E-state index in [9.17, 15) is 9.59 Å². The molecule has 0 aliphatic carbocycles. The first-order valence-corrected chi connectivity index (χ1v) is 9.57. The topological polar surface area (TPSA) is 58.2 Å². The van der Waals surface area contributed by atoms with E-state index in [1.807, 2.05) is 31.2 Å².